The van der Waals surface area contributed by atoms with Gasteiger partial charge in [0.05, 0.1) is 13.2 Å². The number of hydrogen-bond acceptors (Lipinski definition) is 5. The Balaban J connectivity index is 0.00000320. The summed E-state index contributed by atoms with van der Waals surface area (Å²) in [5, 5.41) is 15.1. The Bertz CT molecular complexity index is 833. The molecule has 9 heteroatoms. The molecule has 0 amide bonds. The molecule has 2 aromatic rings. The molecular weight excluding hydrogens is 495 g/mol. The van der Waals surface area contributed by atoms with Gasteiger partial charge in [-0.15, -0.1) is 34.2 Å². The number of guanidine groups is 1. The highest BCUT2D eigenvalue weighted by molar-refractivity contribution is 14.0. The first-order chi connectivity index (χ1) is 14.1. The normalized spacial score (nSPS) is 16.3. The van der Waals surface area contributed by atoms with E-state index in [0.29, 0.717) is 6.54 Å². The van der Waals surface area contributed by atoms with Crippen LogP contribution in [0.4, 0.5) is 0 Å². The number of nitrogens with one attached hydrogen (secondary N) is 2. The van der Waals surface area contributed by atoms with Gasteiger partial charge in [-0.3, -0.25) is 0 Å². The van der Waals surface area contributed by atoms with Crippen LogP contribution in [0, 0.1) is 13.8 Å². The van der Waals surface area contributed by atoms with Gasteiger partial charge < -0.3 is 24.7 Å². The first-order valence-electron chi connectivity index (χ1n) is 10.2. The van der Waals surface area contributed by atoms with Crippen molar-refractivity contribution in [2.45, 2.75) is 45.8 Å². The molecule has 2 heterocycles. The molecule has 1 aliphatic rings. The molecule has 0 aliphatic carbocycles. The summed E-state index contributed by atoms with van der Waals surface area (Å²) in [5.74, 6) is 3.40. The Morgan fingerprint density at radius 2 is 2.13 bits per heavy atom. The van der Waals surface area contributed by atoms with E-state index in [0.717, 1.165) is 67.9 Å². The second-order valence-electron chi connectivity index (χ2n) is 7.38. The Morgan fingerprint density at radius 1 is 1.30 bits per heavy atom. The SMILES string of the molecule is COc1cc(CCNC(=NCc2nnc(C)n2C)NCC2CCCO2)ccc1C.I. The highest BCUT2D eigenvalue weighted by Gasteiger charge is 2.15. The van der Waals surface area contributed by atoms with Crippen molar-refractivity contribution < 1.29 is 9.47 Å². The van der Waals surface area contributed by atoms with Crippen molar-refractivity contribution in [3.05, 3.63) is 41.0 Å². The fourth-order valence-corrected chi connectivity index (χ4v) is 3.27. The van der Waals surface area contributed by atoms with Crippen molar-refractivity contribution in [3.8, 4) is 5.75 Å². The zero-order valence-electron chi connectivity index (χ0n) is 18.3. The van der Waals surface area contributed by atoms with Gasteiger partial charge in [-0.05, 0) is 50.3 Å². The van der Waals surface area contributed by atoms with Gasteiger partial charge in [0, 0.05) is 26.7 Å². The minimum absolute atomic E-state index is 0. The highest BCUT2D eigenvalue weighted by Crippen LogP contribution is 2.19. The van der Waals surface area contributed by atoms with E-state index in [1.165, 1.54) is 5.56 Å². The number of methoxy groups -OCH3 is 1. The van der Waals surface area contributed by atoms with E-state index >= 15 is 0 Å². The third kappa shape index (κ3) is 6.83. The molecule has 1 aromatic heterocycles. The molecule has 30 heavy (non-hydrogen) atoms. The summed E-state index contributed by atoms with van der Waals surface area (Å²) < 4.78 is 13.1. The zero-order valence-corrected chi connectivity index (χ0v) is 20.6. The largest absolute Gasteiger partial charge is 0.496 e. The number of hydrogen-bond donors (Lipinski definition) is 2. The lowest BCUT2D eigenvalue weighted by atomic mass is 10.1. The lowest BCUT2D eigenvalue weighted by Crippen LogP contribution is -2.42. The van der Waals surface area contributed by atoms with Gasteiger partial charge >= 0.3 is 0 Å². The lowest BCUT2D eigenvalue weighted by molar-refractivity contribution is 0.114. The van der Waals surface area contributed by atoms with Gasteiger partial charge in [0.2, 0.25) is 0 Å². The number of aromatic nitrogens is 3. The molecule has 0 saturated carbocycles. The van der Waals surface area contributed by atoms with Gasteiger partial charge in [-0.25, -0.2) is 4.99 Å². The van der Waals surface area contributed by atoms with E-state index in [-0.39, 0.29) is 30.1 Å². The van der Waals surface area contributed by atoms with E-state index in [4.69, 9.17) is 14.5 Å². The van der Waals surface area contributed by atoms with Gasteiger partial charge in [-0.2, -0.15) is 0 Å². The molecule has 1 aromatic carbocycles. The topological polar surface area (TPSA) is 85.6 Å². The van der Waals surface area contributed by atoms with Crippen molar-refractivity contribution in [3.63, 3.8) is 0 Å². The summed E-state index contributed by atoms with van der Waals surface area (Å²) in [7, 11) is 3.66. The number of rotatable bonds is 8. The molecule has 0 spiro atoms. The molecule has 1 saturated heterocycles. The molecule has 2 N–H and O–H groups in total. The Labute approximate surface area is 195 Å². The van der Waals surface area contributed by atoms with E-state index in [1.54, 1.807) is 7.11 Å². The molecular formula is C21H33IN6O2. The van der Waals surface area contributed by atoms with Gasteiger partial charge in [0.15, 0.2) is 11.8 Å². The van der Waals surface area contributed by atoms with E-state index < -0.39 is 0 Å². The fourth-order valence-electron chi connectivity index (χ4n) is 3.27. The predicted octanol–water partition coefficient (Wildman–Crippen LogP) is 2.52. The number of benzene rings is 1. The van der Waals surface area contributed by atoms with Crippen LogP contribution < -0.4 is 15.4 Å². The highest BCUT2D eigenvalue weighted by atomic mass is 127. The van der Waals surface area contributed by atoms with Gasteiger partial charge in [-0.1, -0.05) is 12.1 Å². The number of aryl methyl sites for hydroxylation is 2. The standard InChI is InChI=1S/C21H32N6O2.HI/c1-15-7-8-17(12-19(15)28-4)9-10-22-21(23-13-18-6-5-11-29-18)24-14-20-26-25-16(2)27(20)3;/h7-8,12,18H,5-6,9-11,13-14H2,1-4H3,(H2,22,23,24);1H. The smallest absolute Gasteiger partial charge is 0.191 e. The van der Waals surface area contributed by atoms with Gasteiger partial charge in [0.25, 0.3) is 0 Å². The average molecular weight is 528 g/mol. The van der Waals surface area contributed by atoms with Crippen LogP contribution in [0.15, 0.2) is 23.2 Å². The quantitative estimate of drug-likeness (QED) is 0.311. The van der Waals surface area contributed by atoms with Crippen LogP contribution >= 0.6 is 24.0 Å². The third-order valence-corrected chi connectivity index (χ3v) is 5.26. The van der Waals surface area contributed by atoms with E-state index in [2.05, 4.69) is 46.0 Å². The first-order valence-corrected chi connectivity index (χ1v) is 10.2. The molecule has 1 unspecified atom stereocenters. The van der Waals surface area contributed by atoms with Crippen molar-refractivity contribution in [1.29, 1.82) is 0 Å². The Kier molecular flexibility index (Phi) is 9.83. The number of nitrogens with zero attached hydrogens (tertiary/aromatic N) is 4. The van der Waals surface area contributed by atoms with Gasteiger partial charge in [0.1, 0.15) is 18.1 Å². The molecule has 8 nitrogen and oxygen atoms in total. The van der Waals surface area contributed by atoms with E-state index in [9.17, 15) is 0 Å². The van der Waals surface area contributed by atoms with Crippen molar-refractivity contribution in [2.75, 3.05) is 26.8 Å². The van der Waals surface area contributed by atoms with Crippen LogP contribution in [0.1, 0.15) is 35.6 Å². The summed E-state index contributed by atoms with van der Waals surface area (Å²) in [6.07, 6.45) is 3.34. The van der Waals surface area contributed by atoms with Crippen LogP contribution in [0.2, 0.25) is 0 Å². The zero-order chi connectivity index (χ0) is 20.6. The molecule has 1 atom stereocenters. The number of aliphatic imine (C=N–C) groups is 1. The molecule has 0 radical (unpaired) electrons. The predicted molar refractivity (Wildman–Crippen MR) is 129 cm³/mol. The molecule has 1 fully saturated rings. The van der Waals surface area contributed by atoms with Crippen LogP contribution in [-0.4, -0.2) is 53.6 Å². The Hall–Kier alpha value is -1.88. The molecule has 3 rings (SSSR count). The monoisotopic (exact) mass is 528 g/mol. The fraction of sp³-hybridized carbons (Fsp3) is 0.571. The van der Waals surface area contributed by atoms with Crippen LogP contribution in [0.25, 0.3) is 0 Å². The summed E-state index contributed by atoms with van der Waals surface area (Å²) in [6, 6.07) is 6.32. The summed E-state index contributed by atoms with van der Waals surface area (Å²) in [6.45, 7) is 6.82. The maximum absolute atomic E-state index is 5.71. The summed E-state index contributed by atoms with van der Waals surface area (Å²) >= 11 is 0. The maximum Gasteiger partial charge on any atom is 0.191 e. The van der Waals surface area contributed by atoms with Crippen molar-refractivity contribution in [1.82, 2.24) is 25.4 Å². The minimum atomic E-state index is 0. The van der Waals surface area contributed by atoms with E-state index in [1.807, 2.05) is 18.5 Å². The number of ether oxygens (including phenoxy) is 2. The van der Waals surface area contributed by atoms with Crippen LogP contribution in [0.5, 0.6) is 5.75 Å². The third-order valence-electron chi connectivity index (χ3n) is 5.26. The minimum Gasteiger partial charge on any atom is -0.496 e. The Morgan fingerprint density at radius 3 is 2.80 bits per heavy atom. The molecule has 0 bridgehead atoms. The van der Waals surface area contributed by atoms with Crippen molar-refractivity contribution >= 4 is 29.9 Å². The number of halogens is 1. The van der Waals surface area contributed by atoms with Crippen LogP contribution in [-0.2, 0) is 24.8 Å². The molecule has 1 aliphatic heterocycles. The average Bonchev–Trinajstić information content (AvgIpc) is 3.35. The second-order valence-corrected chi connectivity index (χ2v) is 7.38. The summed E-state index contributed by atoms with van der Waals surface area (Å²) in [5.41, 5.74) is 2.37. The van der Waals surface area contributed by atoms with Crippen LogP contribution in [0.3, 0.4) is 0 Å². The summed E-state index contributed by atoms with van der Waals surface area (Å²) in [4.78, 5) is 4.70. The maximum atomic E-state index is 5.71. The molecule has 166 valence electrons. The first kappa shape index (κ1) is 24.4. The lowest BCUT2D eigenvalue weighted by Gasteiger charge is -2.16. The van der Waals surface area contributed by atoms with Crippen molar-refractivity contribution in [2.24, 2.45) is 12.0 Å². The second kappa shape index (κ2) is 12.1.